The van der Waals surface area contributed by atoms with Crippen LogP contribution in [0.5, 0.6) is 5.88 Å². The number of nitrogens with zero attached hydrogens (tertiary/aromatic N) is 2. The summed E-state index contributed by atoms with van der Waals surface area (Å²) in [7, 11) is 1.52. The predicted octanol–water partition coefficient (Wildman–Crippen LogP) is 0.926. The molecule has 0 saturated heterocycles. The van der Waals surface area contributed by atoms with Crippen molar-refractivity contribution in [1.82, 2.24) is 9.97 Å². The first-order valence-corrected chi connectivity index (χ1v) is 4.89. The third kappa shape index (κ3) is 3.38. The van der Waals surface area contributed by atoms with Crippen molar-refractivity contribution in [3.05, 3.63) is 11.8 Å². The normalized spacial score (nSPS) is 11.9. The minimum Gasteiger partial charge on any atom is -0.481 e. The molecule has 0 aliphatic carbocycles. The van der Waals surface area contributed by atoms with Crippen molar-refractivity contribution in [1.29, 1.82) is 0 Å². The molecule has 1 rings (SSSR count). The Morgan fingerprint density at radius 2 is 2.31 bits per heavy atom. The first kappa shape index (κ1) is 12.2. The van der Waals surface area contributed by atoms with Gasteiger partial charge < -0.3 is 15.2 Å². The Balaban J connectivity index is 2.66. The number of carbonyl (C=O) groups is 1. The molecule has 0 fully saturated rings. The maximum atomic E-state index is 10.6. The van der Waals surface area contributed by atoms with Gasteiger partial charge in [0.05, 0.1) is 13.0 Å². The van der Waals surface area contributed by atoms with E-state index < -0.39 is 11.9 Å². The average molecular weight is 225 g/mol. The number of nitrogens with one attached hydrogen (secondary N) is 1. The van der Waals surface area contributed by atoms with Crippen LogP contribution in [-0.2, 0) is 4.79 Å². The van der Waals surface area contributed by atoms with Crippen molar-refractivity contribution in [2.24, 2.45) is 5.92 Å². The molecule has 88 valence electrons. The highest BCUT2D eigenvalue weighted by molar-refractivity contribution is 5.70. The number of methoxy groups -OCH3 is 1. The molecule has 1 atom stereocenters. The van der Waals surface area contributed by atoms with Crippen molar-refractivity contribution in [2.45, 2.75) is 13.8 Å². The second-order valence-electron chi connectivity index (χ2n) is 3.50. The molecule has 0 radical (unpaired) electrons. The zero-order valence-electron chi connectivity index (χ0n) is 9.52. The summed E-state index contributed by atoms with van der Waals surface area (Å²) in [6, 6.07) is 1.70. The van der Waals surface area contributed by atoms with Gasteiger partial charge in [0.1, 0.15) is 0 Å². The molecule has 6 nitrogen and oxygen atoms in total. The summed E-state index contributed by atoms with van der Waals surface area (Å²) < 4.78 is 4.98. The molecule has 1 aromatic heterocycles. The highest BCUT2D eigenvalue weighted by Gasteiger charge is 2.11. The van der Waals surface area contributed by atoms with Crippen LogP contribution in [-0.4, -0.2) is 34.7 Å². The van der Waals surface area contributed by atoms with Gasteiger partial charge >= 0.3 is 5.97 Å². The maximum absolute atomic E-state index is 10.6. The monoisotopic (exact) mass is 225 g/mol. The Hall–Kier alpha value is -1.85. The van der Waals surface area contributed by atoms with Crippen molar-refractivity contribution < 1.29 is 14.6 Å². The van der Waals surface area contributed by atoms with Crippen molar-refractivity contribution in [2.75, 3.05) is 19.0 Å². The lowest BCUT2D eigenvalue weighted by molar-refractivity contribution is -0.140. The number of carboxylic acid groups (broad SMARTS) is 1. The predicted molar refractivity (Wildman–Crippen MR) is 58.6 cm³/mol. The number of aryl methyl sites for hydroxylation is 1. The first-order valence-electron chi connectivity index (χ1n) is 4.89. The molecule has 1 heterocycles. The molecular weight excluding hydrogens is 210 g/mol. The van der Waals surface area contributed by atoms with E-state index >= 15 is 0 Å². The summed E-state index contributed by atoms with van der Waals surface area (Å²) in [5.74, 6) is -0.509. The summed E-state index contributed by atoms with van der Waals surface area (Å²) in [6.45, 7) is 3.71. The van der Waals surface area contributed by atoms with Gasteiger partial charge in [-0.3, -0.25) is 4.79 Å². The van der Waals surface area contributed by atoms with Crippen LogP contribution in [0.25, 0.3) is 0 Å². The van der Waals surface area contributed by atoms with E-state index in [1.807, 2.05) is 6.92 Å². The topological polar surface area (TPSA) is 84.3 Å². The molecule has 0 amide bonds. The molecule has 6 heteroatoms. The van der Waals surface area contributed by atoms with E-state index in [1.54, 1.807) is 13.0 Å². The zero-order valence-corrected chi connectivity index (χ0v) is 9.52. The molecule has 1 aromatic rings. The molecule has 0 aromatic carbocycles. The Kier molecular flexibility index (Phi) is 4.04. The number of rotatable bonds is 5. The third-order valence-electron chi connectivity index (χ3n) is 2.03. The fraction of sp³-hybridized carbons (Fsp3) is 0.500. The zero-order chi connectivity index (χ0) is 12.1. The molecule has 0 spiro atoms. The van der Waals surface area contributed by atoms with Gasteiger partial charge in [-0.1, -0.05) is 6.92 Å². The van der Waals surface area contributed by atoms with Gasteiger partial charge in [-0.25, -0.2) is 4.98 Å². The molecule has 1 unspecified atom stereocenters. The molecule has 0 saturated carbocycles. The summed E-state index contributed by atoms with van der Waals surface area (Å²) in [6.07, 6.45) is 0. The summed E-state index contributed by atoms with van der Waals surface area (Å²) in [4.78, 5) is 18.8. The van der Waals surface area contributed by atoms with E-state index in [9.17, 15) is 4.79 Å². The highest BCUT2D eigenvalue weighted by atomic mass is 16.5. The fourth-order valence-corrected chi connectivity index (χ4v) is 1.05. The van der Waals surface area contributed by atoms with Crippen LogP contribution in [0.3, 0.4) is 0 Å². The first-order chi connectivity index (χ1) is 7.52. The summed E-state index contributed by atoms with van der Waals surface area (Å²) in [5, 5.41) is 11.6. The third-order valence-corrected chi connectivity index (χ3v) is 2.03. The van der Waals surface area contributed by atoms with Crippen LogP contribution in [0.15, 0.2) is 6.07 Å². The second-order valence-corrected chi connectivity index (χ2v) is 3.50. The fourth-order valence-electron chi connectivity index (χ4n) is 1.05. The van der Waals surface area contributed by atoms with Crippen LogP contribution in [0.2, 0.25) is 0 Å². The van der Waals surface area contributed by atoms with Crippen molar-refractivity contribution >= 4 is 11.9 Å². The standard InChI is InChI=1S/C10H15N3O3/c1-6(9(14)15)5-11-10-12-7(2)4-8(13-10)16-3/h4,6H,5H2,1-3H3,(H,14,15)(H,11,12,13). The van der Waals surface area contributed by atoms with E-state index in [-0.39, 0.29) is 6.54 Å². The van der Waals surface area contributed by atoms with Crippen molar-refractivity contribution in [3.63, 3.8) is 0 Å². The van der Waals surface area contributed by atoms with Gasteiger partial charge in [0.2, 0.25) is 11.8 Å². The molecule has 2 N–H and O–H groups in total. The van der Waals surface area contributed by atoms with Crippen LogP contribution in [0.1, 0.15) is 12.6 Å². The number of carboxylic acids is 1. The largest absolute Gasteiger partial charge is 0.481 e. The van der Waals surface area contributed by atoms with Crippen LogP contribution < -0.4 is 10.1 Å². The SMILES string of the molecule is COc1cc(C)nc(NCC(C)C(=O)O)n1. The van der Waals surface area contributed by atoms with E-state index in [4.69, 9.17) is 9.84 Å². The molecular formula is C10H15N3O3. The van der Waals surface area contributed by atoms with Crippen LogP contribution in [0, 0.1) is 12.8 Å². The van der Waals surface area contributed by atoms with Gasteiger partial charge in [0.15, 0.2) is 0 Å². The lowest BCUT2D eigenvalue weighted by Crippen LogP contribution is -2.20. The number of hydrogen-bond acceptors (Lipinski definition) is 5. The highest BCUT2D eigenvalue weighted by Crippen LogP contribution is 2.11. The molecule has 0 aliphatic rings. The lowest BCUT2D eigenvalue weighted by atomic mass is 10.2. The number of anilines is 1. The van der Waals surface area contributed by atoms with Gasteiger partial charge in [0, 0.05) is 18.3 Å². The van der Waals surface area contributed by atoms with E-state index in [2.05, 4.69) is 15.3 Å². The summed E-state index contributed by atoms with van der Waals surface area (Å²) in [5.41, 5.74) is 0.761. The van der Waals surface area contributed by atoms with Gasteiger partial charge in [-0.05, 0) is 6.92 Å². The minimum atomic E-state index is -0.855. The molecule has 16 heavy (non-hydrogen) atoms. The number of aliphatic carboxylic acids is 1. The van der Waals surface area contributed by atoms with Gasteiger partial charge in [-0.15, -0.1) is 0 Å². The summed E-state index contributed by atoms with van der Waals surface area (Å²) >= 11 is 0. The number of ether oxygens (including phenoxy) is 1. The Bertz CT molecular complexity index is 382. The van der Waals surface area contributed by atoms with E-state index in [1.165, 1.54) is 7.11 Å². The van der Waals surface area contributed by atoms with E-state index in [0.29, 0.717) is 11.8 Å². The van der Waals surface area contributed by atoms with Crippen LogP contribution in [0.4, 0.5) is 5.95 Å². The lowest BCUT2D eigenvalue weighted by Gasteiger charge is -2.09. The van der Waals surface area contributed by atoms with Gasteiger partial charge in [0.25, 0.3) is 0 Å². The Morgan fingerprint density at radius 1 is 1.62 bits per heavy atom. The Morgan fingerprint density at radius 3 is 2.88 bits per heavy atom. The quantitative estimate of drug-likeness (QED) is 0.775. The minimum absolute atomic E-state index is 0.280. The van der Waals surface area contributed by atoms with E-state index in [0.717, 1.165) is 5.69 Å². The smallest absolute Gasteiger partial charge is 0.308 e. The number of aromatic nitrogens is 2. The Labute approximate surface area is 93.7 Å². The maximum Gasteiger partial charge on any atom is 0.308 e. The molecule has 0 bridgehead atoms. The molecule has 0 aliphatic heterocycles. The van der Waals surface area contributed by atoms with Gasteiger partial charge in [-0.2, -0.15) is 4.98 Å². The van der Waals surface area contributed by atoms with Crippen LogP contribution >= 0.6 is 0 Å². The second kappa shape index (κ2) is 5.29. The number of hydrogen-bond donors (Lipinski definition) is 2. The average Bonchev–Trinajstić information content (AvgIpc) is 2.24. The van der Waals surface area contributed by atoms with Crippen molar-refractivity contribution in [3.8, 4) is 5.88 Å².